The van der Waals surface area contributed by atoms with Gasteiger partial charge in [-0.05, 0) is 11.6 Å². The molecule has 2 N–H and O–H groups in total. The molecule has 0 aliphatic carbocycles. The molecule has 2 rings (SSSR count). The molecular weight excluding hydrogens is 242 g/mol. The van der Waals surface area contributed by atoms with Crippen LogP contribution < -0.4 is 10.2 Å². The second kappa shape index (κ2) is 6.56. The van der Waals surface area contributed by atoms with Crippen molar-refractivity contribution in [3.63, 3.8) is 0 Å². The van der Waals surface area contributed by atoms with Gasteiger partial charge in [0.05, 0.1) is 13.0 Å². The van der Waals surface area contributed by atoms with Crippen molar-refractivity contribution >= 4 is 5.91 Å². The largest absolute Gasteiger partial charge is 0.492 e. The van der Waals surface area contributed by atoms with Crippen LogP contribution in [0.25, 0.3) is 11.1 Å². The van der Waals surface area contributed by atoms with E-state index in [0.717, 1.165) is 16.9 Å². The van der Waals surface area contributed by atoms with E-state index in [4.69, 9.17) is 9.94 Å². The number of carbonyl (C=O) groups is 1. The molecule has 0 spiro atoms. The first-order valence-electron chi connectivity index (χ1n) is 6.01. The maximum Gasteiger partial charge on any atom is 0.246 e. The maximum absolute atomic E-state index is 10.9. The van der Waals surface area contributed by atoms with Gasteiger partial charge >= 0.3 is 0 Å². The van der Waals surface area contributed by atoms with E-state index in [1.54, 1.807) is 5.48 Å². The molecule has 0 aliphatic rings. The Labute approximate surface area is 111 Å². The van der Waals surface area contributed by atoms with Gasteiger partial charge in [-0.2, -0.15) is 0 Å². The average molecular weight is 257 g/mol. The molecule has 2 aromatic carbocycles. The summed E-state index contributed by atoms with van der Waals surface area (Å²) in [5, 5.41) is 8.41. The number of hydrogen-bond acceptors (Lipinski definition) is 3. The lowest BCUT2D eigenvalue weighted by molar-refractivity contribution is -0.129. The van der Waals surface area contributed by atoms with Crippen LogP contribution in [-0.4, -0.2) is 17.7 Å². The summed E-state index contributed by atoms with van der Waals surface area (Å²) in [5.74, 6) is 0.261. The minimum absolute atomic E-state index is 0.111. The van der Waals surface area contributed by atoms with Gasteiger partial charge in [0.1, 0.15) is 5.75 Å². The van der Waals surface area contributed by atoms with Crippen LogP contribution >= 0.6 is 0 Å². The van der Waals surface area contributed by atoms with Crippen LogP contribution in [0.1, 0.15) is 6.42 Å². The fourth-order valence-electron chi connectivity index (χ4n) is 1.76. The smallest absolute Gasteiger partial charge is 0.246 e. The minimum atomic E-state index is -0.461. The van der Waals surface area contributed by atoms with Crippen molar-refractivity contribution in [3.8, 4) is 16.9 Å². The molecule has 1 amide bonds. The van der Waals surface area contributed by atoms with Gasteiger partial charge in [-0.15, -0.1) is 0 Å². The third kappa shape index (κ3) is 3.56. The van der Waals surface area contributed by atoms with Crippen LogP contribution in [0.2, 0.25) is 0 Å². The predicted molar refractivity (Wildman–Crippen MR) is 71.9 cm³/mol. The van der Waals surface area contributed by atoms with E-state index < -0.39 is 5.91 Å². The van der Waals surface area contributed by atoms with Crippen molar-refractivity contribution < 1.29 is 14.7 Å². The quantitative estimate of drug-likeness (QED) is 0.639. The van der Waals surface area contributed by atoms with Gasteiger partial charge in [0.25, 0.3) is 0 Å². The fraction of sp³-hybridized carbons (Fsp3) is 0.133. The second-order valence-corrected chi connectivity index (χ2v) is 4.00. The zero-order chi connectivity index (χ0) is 13.5. The molecular formula is C15H15NO3. The molecule has 0 aromatic heterocycles. The Bertz CT molecular complexity index is 540. The summed E-state index contributed by atoms with van der Waals surface area (Å²) >= 11 is 0. The molecule has 4 nitrogen and oxygen atoms in total. The van der Waals surface area contributed by atoms with E-state index in [9.17, 15) is 4.79 Å². The molecule has 0 atom stereocenters. The first-order valence-corrected chi connectivity index (χ1v) is 6.01. The van der Waals surface area contributed by atoms with E-state index >= 15 is 0 Å². The Morgan fingerprint density at radius 3 is 2.47 bits per heavy atom. The van der Waals surface area contributed by atoms with Crippen LogP contribution in [0.15, 0.2) is 54.6 Å². The predicted octanol–water partition coefficient (Wildman–Crippen LogP) is 2.63. The zero-order valence-corrected chi connectivity index (χ0v) is 10.4. The number of carbonyl (C=O) groups excluding carboxylic acids is 1. The lowest BCUT2D eigenvalue weighted by atomic mass is 10.1. The summed E-state index contributed by atoms with van der Waals surface area (Å²) in [6, 6.07) is 17.5. The Balaban J connectivity index is 2.11. The molecule has 0 aliphatic heterocycles. The molecule has 98 valence electrons. The summed E-state index contributed by atoms with van der Waals surface area (Å²) in [6.45, 7) is 0.218. The number of ether oxygens (including phenoxy) is 1. The Morgan fingerprint density at radius 1 is 1.05 bits per heavy atom. The number of para-hydroxylation sites is 1. The van der Waals surface area contributed by atoms with Gasteiger partial charge in [-0.3, -0.25) is 10.0 Å². The summed E-state index contributed by atoms with van der Waals surface area (Å²) in [5.41, 5.74) is 3.62. The van der Waals surface area contributed by atoms with Gasteiger partial charge < -0.3 is 4.74 Å². The van der Waals surface area contributed by atoms with Gasteiger partial charge in [0, 0.05) is 5.56 Å². The topological polar surface area (TPSA) is 58.6 Å². The van der Waals surface area contributed by atoms with Crippen molar-refractivity contribution in [3.05, 3.63) is 54.6 Å². The van der Waals surface area contributed by atoms with Crippen LogP contribution in [-0.2, 0) is 4.79 Å². The molecule has 0 heterocycles. The maximum atomic E-state index is 10.9. The second-order valence-electron chi connectivity index (χ2n) is 4.00. The Hall–Kier alpha value is -2.33. The van der Waals surface area contributed by atoms with E-state index in [2.05, 4.69) is 0 Å². The first kappa shape index (κ1) is 13.1. The molecule has 0 radical (unpaired) electrons. The van der Waals surface area contributed by atoms with Crippen LogP contribution in [0.3, 0.4) is 0 Å². The SMILES string of the molecule is O=C(CCOc1ccccc1-c1ccccc1)NO. The minimum Gasteiger partial charge on any atom is -0.492 e. The molecule has 0 bridgehead atoms. The number of nitrogens with one attached hydrogen (secondary N) is 1. The van der Waals surface area contributed by atoms with Crippen molar-refractivity contribution in [2.45, 2.75) is 6.42 Å². The molecule has 4 heteroatoms. The molecule has 0 saturated heterocycles. The van der Waals surface area contributed by atoms with Crippen LogP contribution in [0, 0.1) is 0 Å². The zero-order valence-electron chi connectivity index (χ0n) is 10.4. The number of benzene rings is 2. The average Bonchev–Trinajstić information content (AvgIpc) is 2.48. The molecule has 2 aromatic rings. The summed E-state index contributed by atoms with van der Waals surface area (Å²) in [6.07, 6.45) is 0.111. The molecule has 0 unspecified atom stereocenters. The van der Waals surface area contributed by atoms with Crippen LogP contribution in [0.5, 0.6) is 5.75 Å². The highest BCUT2D eigenvalue weighted by Gasteiger charge is 2.06. The van der Waals surface area contributed by atoms with Gasteiger partial charge in [-0.1, -0.05) is 48.5 Å². The number of amides is 1. The standard InChI is InChI=1S/C15H15NO3/c17-15(16-18)10-11-19-14-9-5-4-8-13(14)12-6-2-1-3-7-12/h1-9,18H,10-11H2,(H,16,17). The Morgan fingerprint density at radius 2 is 1.74 bits per heavy atom. The monoisotopic (exact) mass is 257 g/mol. The Kier molecular flexibility index (Phi) is 4.53. The highest BCUT2D eigenvalue weighted by molar-refractivity contribution is 5.74. The van der Waals surface area contributed by atoms with Crippen molar-refractivity contribution in [1.82, 2.24) is 5.48 Å². The highest BCUT2D eigenvalue weighted by atomic mass is 16.5. The normalized spacial score (nSPS) is 9.95. The summed E-state index contributed by atoms with van der Waals surface area (Å²) in [7, 11) is 0. The first-order chi connectivity index (χ1) is 9.31. The van der Waals surface area contributed by atoms with E-state index in [0.29, 0.717) is 0 Å². The lowest BCUT2D eigenvalue weighted by Crippen LogP contribution is -2.20. The van der Waals surface area contributed by atoms with E-state index in [1.165, 1.54) is 0 Å². The number of hydroxylamine groups is 1. The third-order valence-electron chi connectivity index (χ3n) is 2.68. The van der Waals surface area contributed by atoms with Gasteiger partial charge in [-0.25, -0.2) is 5.48 Å². The van der Waals surface area contributed by atoms with Crippen molar-refractivity contribution in [2.75, 3.05) is 6.61 Å². The van der Waals surface area contributed by atoms with Gasteiger partial charge in [0.15, 0.2) is 0 Å². The molecule has 19 heavy (non-hydrogen) atoms. The van der Waals surface area contributed by atoms with E-state index in [1.807, 2.05) is 54.6 Å². The van der Waals surface area contributed by atoms with Crippen molar-refractivity contribution in [2.24, 2.45) is 0 Å². The van der Waals surface area contributed by atoms with Gasteiger partial charge in [0.2, 0.25) is 5.91 Å². The third-order valence-corrected chi connectivity index (χ3v) is 2.68. The van der Waals surface area contributed by atoms with Crippen molar-refractivity contribution in [1.29, 1.82) is 0 Å². The number of rotatable bonds is 5. The summed E-state index contributed by atoms with van der Waals surface area (Å²) in [4.78, 5) is 10.9. The number of hydrogen-bond donors (Lipinski definition) is 2. The molecule has 0 saturated carbocycles. The molecule has 0 fully saturated rings. The fourth-order valence-corrected chi connectivity index (χ4v) is 1.76. The highest BCUT2D eigenvalue weighted by Crippen LogP contribution is 2.29. The lowest BCUT2D eigenvalue weighted by Gasteiger charge is -2.11. The van der Waals surface area contributed by atoms with Crippen LogP contribution in [0.4, 0.5) is 0 Å². The summed E-state index contributed by atoms with van der Waals surface area (Å²) < 4.78 is 5.59. The van der Waals surface area contributed by atoms with E-state index in [-0.39, 0.29) is 13.0 Å².